The molecular weight excluding hydrogens is 230 g/mol. The highest BCUT2D eigenvalue weighted by molar-refractivity contribution is 5.55. The third-order valence-corrected chi connectivity index (χ3v) is 2.91. The van der Waals surface area contributed by atoms with Gasteiger partial charge in [0.05, 0.1) is 11.7 Å². The molecule has 0 radical (unpaired) electrons. The number of fused-ring (bicyclic) bond motifs is 1. The summed E-state index contributed by atoms with van der Waals surface area (Å²) in [7, 11) is 0. The SMILES string of the molecule is CC(Nc1ccc2c(c1)OCCO2)c1ccn[nH]1. The van der Waals surface area contributed by atoms with Crippen molar-refractivity contribution in [3.8, 4) is 11.5 Å². The molecular formula is C13H15N3O2. The molecule has 2 N–H and O–H groups in total. The summed E-state index contributed by atoms with van der Waals surface area (Å²) in [4.78, 5) is 0. The van der Waals surface area contributed by atoms with Crippen molar-refractivity contribution in [2.45, 2.75) is 13.0 Å². The molecule has 0 fully saturated rings. The second kappa shape index (κ2) is 4.60. The quantitative estimate of drug-likeness (QED) is 0.871. The van der Waals surface area contributed by atoms with Crippen molar-refractivity contribution >= 4 is 5.69 Å². The van der Waals surface area contributed by atoms with Crippen molar-refractivity contribution in [2.24, 2.45) is 0 Å². The molecule has 1 aliphatic rings. The van der Waals surface area contributed by atoms with Crippen molar-refractivity contribution in [3.63, 3.8) is 0 Å². The minimum Gasteiger partial charge on any atom is -0.486 e. The summed E-state index contributed by atoms with van der Waals surface area (Å²) in [5.41, 5.74) is 2.05. The Morgan fingerprint density at radius 1 is 1.22 bits per heavy atom. The first-order valence-corrected chi connectivity index (χ1v) is 5.98. The van der Waals surface area contributed by atoms with Crippen molar-refractivity contribution < 1.29 is 9.47 Å². The standard InChI is InChI=1S/C13H15N3O2/c1-9(11-4-5-14-16-11)15-10-2-3-12-13(8-10)18-7-6-17-12/h2-5,8-9,15H,6-7H2,1H3,(H,14,16). The van der Waals surface area contributed by atoms with Crippen LogP contribution in [0.3, 0.4) is 0 Å². The van der Waals surface area contributed by atoms with Gasteiger partial charge in [-0.2, -0.15) is 5.10 Å². The number of ether oxygens (including phenoxy) is 2. The average molecular weight is 245 g/mol. The summed E-state index contributed by atoms with van der Waals surface area (Å²) < 4.78 is 11.0. The Hall–Kier alpha value is -2.17. The lowest BCUT2D eigenvalue weighted by molar-refractivity contribution is 0.171. The van der Waals surface area contributed by atoms with Crippen molar-refractivity contribution in [3.05, 3.63) is 36.2 Å². The van der Waals surface area contributed by atoms with E-state index in [0.29, 0.717) is 13.2 Å². The molecule has 1 aliphatic heterocycles. The Balaban J connectivity index is 1.77. The number of aromatic amines is 1. The van der Waals surface area contributed by atoms with E-state index in [1.54, 1.807) is 6.20 Å². The van der Waals surface area contributed by atoms with Gasteiger partial charge in [0, 0.05) is 18.0 Å². The predicted molar refractivity (Wildman–Crippen MR) is 68.1 cm³/mol. The summed E-state index contributed by atoms with van der Waals surface area (Å²) in [5, 5.41) is 10.3. The van der Waals surface area contributed by atoms with E-state index in [9.17, 15) is 0 Å². The minimum absolute atomic E-state index is 0.162. The molecule has 1 aromatic heterocycles. The molecule has 1 atom stereocenters. The molecule has 3 rings (SSSR count). The molecule has 2 heterocycles. The molecule has 0 aliphatic carbocycles. The van der Waals surface area contributed by atoms with Gasteiger partial charge in [0.15, 0.2) is 11.5 Å². The first-order chi connectivity index (χ1) is 8.83. The number of rotatable bonds is 3. The fourth-order valence-electron chi connectivity index (χ4n) is 1.97. The van der Waals surface area contributed by atoms with Gasteiger partial charge in [-0.25, -0.2) is 0 Å². The van der Waals surface area contributed by atoms with Gasteiger partial charge in [-0.05, 0) is 25.1 Å². The van der Waals surface area contributed by atoms with Crippen LogP contribution in [-0.4, -0.2) is 23.4 Å². The number of anilines is 1. The van der Waals surface area contributed by atoms with Crippen molar-refractivity contribution in [2.75, 3.05) is 18.5 Å². The van der Waals surface area contributed by atoms with Crippen LogP contribution in [-0.2, 0) is 0 Å². The maximum atomic E-state index is 5.55. The Morgan fingerprint density at radius 2 is 2.06 bits per heavy atom. The van der Waals surface area contributed by atoms with Gasteiger partial charge in [-0.1, -0.05) is 0 Å². The summed E-state index contributed by atoms with van der Waals surface area (Å²) in [5.74, 6) is 1.60. The minimum atomic E-state index is 0.162. The van der Waals surface area contributed by atoms with Crippen LogP contribution in [0.1, 0.15) is 18.7 Å². The van der Waals surface area contributed by atoms with Crippen LogP contribution < -0.4 is 14.8 Å². The van der Waals surface area contributed by atoms with Crippen LogP contribution in [0.4, 0.5) is 5.69 Å². The summed E-state index contributed by atoms with van der Waals surface area (Å²) >= 11 is 0. The first kappa shape index (κ1) is 11.0. The van der Waals surface area contributed by atoms with Gasteiger partial charge in [0.1, 0.15) is 13.2 Å². The van der Waals surface area contributed by atoms with E-state index in [2.05, 4.69) is 22.4 Å². The Kier molecular flexibility index (Phi) is 2.80. The smallest absolute Gasteiger partial charge is 0.163 e. The van der Waals surface area contributed by atoms with Crippen molar-refractivity contribution in [1.82, 2.24) is 10.2 Å². The summed E-state index contributed by atoms with van der Waals surface area (Å²) in [6, 6.07) is 7.99. The highest BCUT2D eigenvalue weighted by Gasteiger charge is 2.13. The molecule has 0 saturated heterocycles. The van der Waals surface area contributed by atoms with Crippen LogP contribution in [0, 0.1) is 0 Å². The van der Waals surface area contributed by atoms with E-state index in [1.165, 1.54) is 0 Å². The summed E-state index contributed by atoms with van der Waals surface area (Å²) in [6.07, 6.45) is 1.75. The highest BCUT2D eigenvalue weighted by Crippen LogP contribution is 2.33. The summed E-state index contributed by atoms with van der Waals surface area (Å²) in [6.45, 7) is 3.29. The van der Waals surface area contributed by atoms with Crippen LogP contribution in [0.25, 0.3) is 0 Å². The molecule has 1 unspecified atom stereocenters. The zero-order valence-electron chi connectivity index (χ0n) is 10.1. The Labute approximate surface area is 105 Å². The zero-order chi connectivity index (χ0) is 12.4. The number of aromatic nitrogens is 2. The molecule has 2 aromatic rings. The lowest BCUT2D eigenvalue weighted by Crippen LogP contribution is -2.15. The second-order valence-electron chi connectivity index (χ2n) is 4.24. The fraction of sp³-hybridized carbons (Fsp3) is 0.308. The van der Waals surface area contributed by atoms with Gasteiger partial charge < -0.3 is 14.8 Å². The molecule has 94 valence electrons. The number of nitrogens with zero attached hydrogens (tertiary/aromatic N) is 1. The molecule has 1 aromatic carbocycles. The second-order valence-corrected chi connectivity index (χ2v) is 4.24. The molecule has 18 heavy (non-hydrogen) atoms. The molecule has 0 spiro atoms. The molecule has 5 heteroatoms. The lowest BCUT2D eigenvalue weighted by atomic mass is 10.2. The number of H-pyrrole nitrogens is 1. The van der Waals surface area contributed by atoms with E-state index >= 15 is 0 Å². The zero-order valence-corrected chi connectivity index (χ0v) is 10.1. The largest absolute Gasteiger partial charge is 0.486 e. The topological polar surface area (TPSA) is 59.2 Å². The van der Waals surface area contributed by atoms with Gasteiger partial charge in [-0.3, -0.25) is 5.10 Å². The molecule has 0 amide bonds. The van der Waals surface area contributed by atoms with Gasteiger partial charge in [-0.15, -0.1) is 0 Å². The average Bonchev–Trinajstić information content (AvgIpc) is 2.92. The normalized spacial score (nSPS) is 15.2. The maximum Gasteiger partial charge on any atom is 0.163 e. The van der Waals surface area contributed by atoms with E-state index in [0.717, 1.165) is 22.9 Å². The van der Waals surface area contributed by atoms with E-state index in [-0.39, 0.29) is 6.04 Å². The van der Waals surface area contributed by atoms with Crippen LogP contribution in [0.2, 0.25) is 0 Å². The number of nitrogens with one attached hydrogen (secondary N) is 2. The number of hydrogen-bond acceptors (Lipinski definition) is 4. The van der Waals surface area contributed by atoms with Gasteiger partial charge >= 0.3 is 0 Å². The molecule has 0 saturated carbocycles. The molecule has 5 nitrogen and oxygen atoms in total. The van der Waals surface area contributed by atoms with Crippen LogP contribution in [0.15, 0.2) is 30.5 Å². The van der Waals surface area contributed by atoms with Crippen LogP contribution >= 0.6 is 0 Å². The van der Waals surface area contributed by atoms with Gasteiger partial charge in [0.2, 0.25) is 0 Å². The first-order valence-electron chi connectivity index (χ1n) is 5.98. The van der Waals surface area contributed by atoms with Crippen LogP contribution in [0.5, 0.6) is 11.5 Å². The Morgan fingerprint density at radius 3 is 2.83 bits per heavy atom. The fourth-order valence-corrected chi connectivity index (χ4v) is 1.97. The third-order valence-electron chi connectivity index (χ3n) is 2.91. The van der Waals surface area contributed by atoms with E-state index in [1.807, 2.05) is 24.3 Å². The van der Waals surface area contributed by atoms with Gasteiger partial charge in [0.25, 0.3) is 0 Å². The highest BCUT2D eigenvalue weighted by atomic mass is 16.6. The number of benzene rings is 1. The lowest BCUT2D eigenvalue weighted by Gasteiger charge is -2.20. The number of hydrogen-bond donors (Lipinski definition) is 2. The van der Waals surface area contributed by atoms with E-state index < -0.39 is 0 Å². The maximum absolute atomic E-state index is 5.55. The predicted octanol–water partition coefficient (Wildman–Crippen LogP) is 2.35. The molecule has 0 bridgehead atoms. The van der Waals surface area contributed by atoms with Crippen molar-refractivity contribution in [1.29, 1.82) is 0 Å². The van der Waals surface area contributed by atoms with E-state index in [4.69, 9.17) is 9.47 Å². The Bertz CT molecular complexity index is 525. The third kappa shape index (κ3) is 2.11. The monoisotopic (exact) mass is 245 g/mol.